The van der Waals surface area contributed by atoms with Crippen molar-refractivity contribution in [1.29, 1.82) is 0 Å². The lowest BCUT2D eigenvalue weighted by Gasteiger charge is -2.13. The highest BCUT2D eigenvalue weighted by Gasteiger charge is 2.28. The quantitative estimate of drug-likeness (QED) is 0.158. The fourth-order valence-corrected chi connectivity index (χ4v) is 9.35. The maximum Gasteiger partial charge on any atom is 0.0617 e. The summed E-state index contributed by atoms with van der Waals surface area (Å²) in [7, 11) is 0. The molecule has 0 saturated heterocycles. The van der Waals surface area contributed by atoms with Crippen LogP contribution in [0.3, 0.4) is 0 Å². The fourth-order valence-electron chi connectivity index (χ4n) is 8.27. The summed E-state index contributed by atoms with van der Waals surface area (Å²) in [5.74, 6) is 0. The van der Waals surface area contributed by atoms with E-state index < -0.39 is 0 Å². The first kappa shape index (κ1) is 31.1. The van der Waals surface area contributed by atoms with E-state index in [2.05, 4.69) is 207 Å². The second-order valence-corrected chi connectivity index (χ2v) is 16.1. The Morgan fingerprint density at radius 1 is 0.333 bits per heavy atom. The molecule has 3 heterocycles. The van der Waals surface area contributed by atoms with Crippen LogP contribution < -0.4 is 0 Å². The molecule has 0 spiro atoms. The zero-order chi connectivity index (χ0) is 34.2. The number of fused-ring (bicyclic) bond motifs is 12. The zero-order valence-corrected chi connectivity index (χ0v) is 32.2. The van der Waals surface area contributed by atoms with E-state index >= 15 is 0 Å². The van der Waals surface area contributed by atoms with Crippen LogP contribution in [0.2, 0.25) is 0 Å². The SMILES string of the molecule is Brc1ccc2c(c1)c1c(c3c4cc(Br)ccc4n(Cc4ccccc4)c3c3c4cc(Br)ccc4n(Cc4ccccc4)c13)n2Cc1ccccc1. The molecule has 10 aromatic rings. The summed E-state index contributed by atoms with van der Waals surface area (Å²) < 4.78 is 10.9. The van der Waals surface area contributed by atoms with Crippen LogP contribution in [0.5, 0.6) is 0 Å². The minimum atomic E-state index is 0.757. The molecule has 0 radical (unpaired) electrons. The zero-order valence-electron chi connectivity index (χ0n) is 27.5. The lowest BCUT2D eigenvalue weighted by molar-refractivity contribution is 0.862. The van der Waals surface area contributed by atoms with Gasteiger partial charge in [-0.3, -0.25) is 0 Å². The van der Waals surface area contributed by atoms with E-state index in [9.17, 15) is 0 Å². The monoisotopic (exact) mass is 849 g/mol. The van der Waals surface area contributed by atoms with Gasteiger partial charge in [0.05, 0.1) is 16.6 Å². The van der Waals surface area contributed by atoms with Gasteiger partial charge in [-0.15, -0.1) is 0 Å². The van der Waals surface area contributed by atoms with Crippen LogP contribution in [0, 0.1) is 0 Å². The molecule has 0 unspecified atom stereocenters. The number of nitrogens with zero attached hydrogens (tertiary/aromatic N) is 3. The molecule has 0 aliphatic heterocycles. The van der Waals surface area contributed by atoms with E-state index in [-0.39, 0.29) is 0 Å². The molecule has 0 amide bonds. The van der Waals surface area contributed by atoms with Crippen LogP contribution in [-0.2, 0) is 19.6 Å². The Balaban J connectivity index is 1.51. The Labute approximate surface area is 320 Å². The van der Waals surface area contributed by atoms with Crippen molar-refractivity contribution in [2.24, 2.45) is 0 Å². The molecule has 0 aliphatic carbocycles. The van der Waals surface area contributed by atoms with Gasteiger partial charge in [-0.2, -0.15) is 0 Å². The molecule has 0 aliphatic rings. The average molecular weight is 852 g/mol. The van der Waals surface area contributed by atoms with E-state index in [1.54, 1.807) is 0 Å². The van der Waals surface area contributed by atoms with Gasteiger partial charge in [-0.25, -0.2) is 0 Å². The van der Waals surface area contributed by atoms with Crippen LogP contribution in [0.1, 0.15) is 16.7 Å². The number of hydrogen-bond donors (Lipinski definition) is 0. The average Bonchev–Trinajstić information content (AvgIpc) is 3.74. The molecule has 0 bridgehead atoms. The van der Waals surface area contributed by atoms with Gasteiger partial charge in [-0.1, -0.05) is 139 Å². The van der Waals surface area contributed by atoms with Crippen LogP contribution in [-0.4, -0.2) is 13.7 Å². The molecule has 246 valence electrons. The summed E-state index contributed by atoms with van der Waals surface area (Å²) in [6.45, 7) is 2.27. The Kier molecular flexibility index (Phi) is 7.49. The van der Waals surface area contributed by atoms with Crippen molar-refractivity contribution in [2.45, 2.75) is 19.6 Å². The van der Waals surface area contributed by atoms with Crippen LogP contribution in [0.15, 0.2) is 159 Å². The van der Waals surface area contributed by atoms with Gasteiger partial charge in [-0.05, 0) is 71.3 Å². The molecule has 0 saturated carbocycles. The minimum Gasteiger partial charge on any atom is -0.335 e. The van der Waals surface area contributed by atoms with Gasteiger partial charge in [0.1, 0.15) is 0 Å². The number of aromatic nitrogens is 3. The number of halogens is 3. The molecule has 6 heteroatoms. The lowest BCUT2D eigenvalue weighted by Crippen LogP contribution is -2.03. The van der Waals surface area contributed by atoms with E-state index in [1.807, 2.05) is 0 Å². The Hall–Kier alpha value is -4.62. The first-order valence-corrected chi connectivity index (χ1v) is 19.5. The lowest BCUT2D eigenvalue weighted by atomic mass is 10.0. The highest BCUT2D eigenvalue weighted by atomic mass is 79.9. The van der Waals surface area contributed by atoms with Crippen molar-refractivity contribution in [3.8, 4) is 0 Å². The van der Waals surface area contributed by atoms with Crippen LogP contribution >= 0.6 is 47.8 Å². The molecule has 10 rings (SSSR count). The second-order valence-electron chi connectivity index (χ2n) is 13.4. The minimum absolute atomic E-state index is 0.757. The number of rotatable bonds is 6. The van der Waals surface area contributed by atoms with Crippen molar-refractivity contribution in [2.75, 3.05) is 0 Å². The highest BCUT2D eigenvalue weighted by Crippen LogP contribution is 2.49. The van der Waals surface area contributed by atoms with Gasteiger partial charge in [0.2, 0.25) is 0 Å². The van der Waals surface area contributed by atoms with Crippen molar-refractivity contribution in [3.05, 3.63) is 176 Å². The Bertz CT molecular complexity index is 2600. The summed E-state index contributed by atoms with van der Waals surface area (Å²) in [5.41, 5.74) is 11.3. The number of hydrogen-bond acceptors (Lipinski definition) is 0. The van der Waals surface area contributed by atoms with Gasteiger partial charge < -0.3 is 13.7 Å². The molecule has 0 fully saturated rings. The van der Waals surface area contributed by atoms with Crippen LogP contribution in [0.4, 0.5) is 0 Å². The third-order valence-electron chi connectivity index (χ3n) is 10.3. The first-order chi connectivity index (χ1) is 25.0. The first-order valence-electron chi connectivity index (χ1n) is 17.1. The molecule has 7 aromatic carbocycles. The molecular formula is C45H30Br3N3. The molecular weight excluding hydrogens is 822 g/mol. The topological polar surface area (TPSA) is 14.8 Å². The normalized spacial score (nSPS) is 12.1. The predicted molar refractivity (Wildman–Crippen MR) is 225 cm³/mol. The maximum atomic E-state index is 3.88. The van der Waals surface area contributed by atoms with Crippen LogP contribution in [0.25, 0.3) is 65.4 Å². The van der Waals surface area contributed by atoms with E-state index in [4.69, 9.17) is 0 Å². The van der Waals surface area contributed by atoms with E-state index in [0.717, 1.165) is 33.1 Å². The predicted octanol–water partition coefficient (Wildman–Crippen LogP) is 13.4. The van der Waals surface area contributed by atoms with E-state index in [1.165, 1.54) is 82.1 Å². The summed E-state index contributed by atoms with van der Waals surface area (Å²) in [4.78, 5) is 0. The summed E-state index contributed by atoms with van der Waals surface area (Å²) in [6, 6.07) is 53.0. The summed E-state index contributed by atoms with van der Waals surface area (Å²) in [6.07, 6.45) is 0. The molecule has 0 atom stereocenters. The van der Waals surface area contributed by atoms with Gasteiger partial charge >= 0.3 is 0 Å². The number of benzene rings is 7. The molecule has 3 aromatic heterocycles. The van der Waals surface area contributed by atoms with Crippen molar-refractivity contribution in [1.82, 2.24) is 13.7 Å². The fraction of sp³-hybridized carbons (Fsp3) is 0.0667. The largest absolute Gasteiger partial charge is 0.335 e. The summed E-state index contributed by atoms with van der Waals surface area (Å²) >= 11 is 11.6. The van der Waals surface area contributed by atoms with E-state index in [0.29, 0.717) is 0 Å². The highest BCUT2D eigenvalue weighted by molar-refractivity contribution is 9.11. The smallest absolute Gasteiger partial charge is 0.0617 e. The summed E-state index contributed by atoms with van der Waals surface area (Å²) in [5, 5.41) is 7.59. The third-order valence-corrected chi connectivity index (χ3v) is 11.8. The van der Waals surface area contributed by atoms with Gasteiger partial charge in [0.25, 0.3) is 0 Å². The van der Waals surface area contributed by atoms with Crippen molar-refractivity contribution >= 4 is 113 Å². The third kappa shape index (κ3) is 5.02. The molecule has 0 N–H and O–H groups in total. The Morgan fingerprint density at radius 2 is 0.608 bits per heavy atom. The molecule has 51 heavy (non-hydrogen) atoms. The van der Waals surface area contributed by atoms with Gasteiger partial charge in [0.15, 0.2) is 0 Å². The van der Waals surface area contributed by atoms with Crippen molar-refractivity contribution in [3.63, 3.8) is 0 Å². The standard InChI is InChI=1S/C45H30Br3N3/c46-31-16-19-37-34(22-31)40-43(49(37)25-28-10-4-1-5-11-28)41-35-23-32(47)17-20-38(35)50(26-29-12-6-2-7-13-29)45(41)42-36-24-33(48)18-21-39(36)51(44(40)42)27-30-14-8-3-9-15-30/h1-24H,25-27H2. The molecule has 3 nitrogen and oxygen atoms in total. The van der Waals surface area contributed by atoms with Crippen molar-refractivity contribution < 1.29 is 0 Å². The Morgan fingerprint density at radius 3 is 0.882 bits per heavy atom. The maximum absolute atomic E-state index is 3.88. The van der Waals surface area contributed by atoms with Gasteiger partial charge in [0, 0.05) is 81.9 Å². The second kappa shape index (κ2) is 12.3.